The molecule has 0 radical (unpaired) electrons. The van der Waals surface area contributed by atoms with Crippen molar-refractivity contribution in [3.63, 3.8) is 0 Å². The molecule has 0 amide bonds. The minimum absolute atomic E-state index is 0.0259. The Bertz CT molecular complexity index is 748. The molecule has 1 aromatic heterocycles. The van der Waals surface area contributed by atoms with Crippen LogP contribution in [0.1, 0.15) is 9.67 Å². The number of methoxy groups -OCH3 is 2. The molecule has 102 valence electrons. The first-order valence-electron chi connectivity index (χ1n) is 5.02. The fraction of sp³-hybridized carbons (Fsp3) is 0.182. The van der Waals surface area contributed by atoms with Gasteiger partial charge in [0.1, 0.15) is 0 Å². The summed E-state index contributed by atoms with van der Waals surface area (Å²) >= 11 is 1.09. The van der Waals surface area contributed by atoms with Crippen LogP contribution in [0.25, 0.3) is 10.1 Å². The van der Waals surface area contributed by atoms with E-state index in [1.165, 1.54) is 26.4 Å². The van der Waals surface area contributed by atoms with Crippen LogP contribution in [0, 0.1) is 0 Å². The molecule has 2 rings (SSSR count). The molecule has 0 spiro atoms. The second-order valence-electron chi connectivity index (χ2n) is 3.55. The molecule has 0 saturated carbocycles. The second kappa shape index (κ2) is 4.99. The first-order chi connectivity index (χ1) is 8.88. The highest BCUT2D eigenvalue weighted by Gasteiger charge is 2.21. The van der Waals surface area contributed by atoms with Gasteiger partial charge < -0.3 is 9.47 Å². The first kappa shape index (κ1) is 14.1. The van der Waals surface area contributed by atoms with Crippen molar-refractivity contribution in [2.75, 3.05) is 14.2 Å². The quantitative estimate of drug-likeness (QED) is 0.642. The average molecular weight is 321 g/mol. The van der Waals surface area contributed by atoms with Crippen molar-refractivity contribution in [3.8, 4) is 5.75 Å². The van der Waals surface area contributed by atoms with E-state index in [1.54, 1.807) is 6.07 Å². The molecule has 1 aromatic carbocycles. The maximum Gasteiger partial charge on any atom is 0.351 e. The Morgan fingerprint density at radius 1 is 1.32 bits per heavy atom. The third kappa shape index (κ3) is 2.54. The fourth-order valence-corrected chi connectivity index (χ4v) is 3.62. The molecular formula is C11H9ClO5S2. The normalized spacial score (nSPS) is 11.5. The molecule has 5 nitrogen and oxygen atoms in total. The maximum atomic E-state index is 11.6. The highest BCUT2D eigenvalue weighted by atomic mass is 35.7. The van der Waals surface area contributed by atoms with Gasteiger partial charge in [0.25, 0.3) is 9.05 Å². The Balaban J connectivity index is 2.73. The molecule has 8 heteroatoms. The van der Waals surface area contributed by atoms with Crippen LogP contribution >= 0.6 is 22.0 Å². The van der Waals surface area contributed by atoms with Gasteiger partial charge >= 0.3 is 5.97 Å². The monoisotopic (exact) mass is 320 g/mol. The molecule has 0 aliphatic carbocycles. The predicted octanol–water partition coefficient (Wildman–Crippen LogP) is 2.62. The van der Waals surface area contributed by atoms with Crippen LogP contribution < -0.4 is 4.74 Å². The largest absolute Gasteiger partial charge is 0.494 e. The zero-order valence-electron chi connectivity index (χ0n) is 9.97. The summed E-state index contributed by atoms with van der Waals surface area (Å²) in [6, 6.07) is 4.31. The van der Waals surface area contributed by atoms with E-state index in [9.17, 15) is 13.2 Å². The standard InChI is InChI=1S/C11H9ClO5S2/c1-16-9-7-4-3-6(19(12,14)15)5-8(7)18-10(9)11(13)17-2/h3-5H,1-2H3. The van der Waals surface area contributed by atoms with Crippen molar-refractivity contribution >= 4 is 47.1 Å². The molecule has 1 heterocycles. The summed E-state index contributed by atoms with van der Waals surface area (Å²) in [6.07, 6.45) is 0. The highest BCUT2D eigenvalue weighted by Crippen LogP contribution is 2.39. The summed E-state index contributed by atoms with van der Waals surface area (Å²) in [5.74, 6) is -0.168. The number of benzene rings is 1. The molecule has 0 aliphatic heterocycles. The maximum absolute atomic E-state index is 11.6. The number of esters is 1. The van der Waals surface area contributed by atoms with Crippen LogP contribution in [-0.4, -0.2) is 28.6 Å². The molecule has 0 N–H and O–H groups in total. The van der Waals surface area contributed by atoms with Crippen LogP contribution in [0.5, 0.6) is 5.75 Å². The van der Waals surface area contributed by atoms with E-state index in [0.717, 1.165) is 11.3 Å². The van der Waals surface area contributed by atoms with Gasteiger partial charge in [-0.3, -0.25) is 0 Å². The van der Waals surface area contributed by atoms with E-state index in [0.29, 0.717) is 15.8 Å². The number of hydrogen-bond donors (Lipinski definition) is 0. The minimum Gasteiger partial charge on any atom is -0.494 e. The minimum atomic E-state index is -3.81. The van der Waals surface area contributed by atoms with Gasteiger partial charge in [-0.1, -0.05) is 0 Å². The molecule has 0 aliphatic rings. The van der Waals surface area contributed by atoms with Crippen molar-refractivity contribution in [2.45, 2.75) is 4.90 Å². The summed E-state index contributed by atoms with van der Waals surface area (Å²) in [6.45, 7) is 0. The Labute approximate surface area is 118 Å². The van der Waals surface area contributed by atoms with Crippen molar-refractivity contribution in [3.05, 3.63) is 23.1 Å². The Kier molecular flexibility index (Phi) is 3.71. The van der Waals surface area contributed by atoms with Crippen LogP contribution in [0.2, 0.25) is 0 Å². The lowest BCUT2D eigenvalue weighted by molar-refractivity contribution is 0.0603. The van der Waals surface area contributed by atoms with Gasteiger partial charge in [-0.05, 0) is 18.2 Å². The number of halogens is 1. The predicted molar refractivity (Wildman–Crippen MR) is 72.8 cm³/mol. The van der Waals surface area contributed by atoms with Gasteiger partial charge in [0.2, 0.25) is 0 Å². The van der Waals surface area contributed by atoms with Gasteiger partial charge in [0, 0.05) is 20.8 Å². The fourth-order valence-electron chi connectivity index (χ4n) is 1.63. The smallest absolute Gasteiger partial charge is 0.351 e. The van der Waals surface area contributed by atoms with Gasteiger partial charge in [0.05, 0.1) is 19.1 Å². The van der Waals surface area contributed by atoms with E-state index in [4.69, 9.17) is 15.4 Å². The van der Waals surface area contributed by atoms with Crippen molar-refractivity contribution in [2.24, 2.45) is 0 Å². The first-order valence-corrected chi connectivity index (χ1v) is 8.14. The van der Waals surface area contributed by atoms with Gasteiger partial charge in [-0.15, -0.1) is 11.3 Å². The summed E-state index contributed by atoms with van der Waals surface area (Å²) < 4.78 is 33.0. The third-order valence-electron chi connectivity index (χ3n) is 2.47. The molecule has 0 atom stereocenters. The number of rotatable bonds is 3. The van der Waals surface area contributed by atoms with Gasteiger partial charge in [0.15, 0.2) is 10.6 Å². The van der Waals surface area contributed by atoms with Crippen LogP contribution in [0.15, 0.2) is 23.1 Å². The zero-order chi connectivity index (χ0) is 14.2. The summed E-state index contributed by atoms with van der Waals surface area (Å²) in [5, 5.41) is 0.636. The Morgan fingerprint density at radius 3 is 2.53 bits per heavy atom. The summed E-state index contributed by atoms with van der Waals surface area (Å²) in [7, 11) is 4.17. The SMILES string of the molecule is COC(=O)c1sc2cc(S(=O)(=O)Cl)ccc2c1OC. The van der Waals surface area contributed by atoms with Crippen molar-refractivity contribution in [1.29, 1.82) is 0 Å². The van der Waals surface area contributed by atoms with Crippen LogP contribution in [0.4, 0.5) is 0 Å². The lowest BCUT2D eigenvalue weighted by atomic mass is 10.2. The van der Waals surface area contributed by atoms with E-state index in [-0.39, 0.29) is 9.77 Å². The van der Waals surface area contributed by atoms with Gasteiger partial charge in [-0.25, -0.2) is 13.2 Å². The van der Waals surface area contributed by atoms with Crippen LogP contribution in [-0.2, 0) is 13.8 Å². The molecule has 0 fully saturated rings. The van der Waals surface area contributed by atoms with E-state index >= 15 is 0 Å². The summed E-state index contributed by atoms with van der Waals surface area (Å²) in [5.41, 5.74) is 0. The molecule has 2 aromatic rings. The Hall–Kier alpha value is -1.31. The summed E-state index contributed by atoms with van der Waals surface area (Å²) in [4.78, 5) is 11.9. The second-order valence-corrected chi connectivity index (χ2v) is 7.17. The van der Waals surface area contributed by atoms with Crippen LogP contribution in [0.3, 0.4) is 0 Å². The Morgan fingerprint density at radius 2 is 2.00 bits per heavy atom. The van der Waals surface area contributed by atoms with E-state index in [2.05, 4.69) is 4.74 Å². The number of hydrogen-bond acceptors (Lipinski definition) is 6. The molecule has 0 unspecified atom stereocenters. The zero-order valence-corrected chi connectivity index (χ0v) is 12.4. The molecule has 0 bridgehead atoms. The lowest BCUT2D eigenvalue weighted by Gasteiger charge is -2.01. The number of ether oxygens (including phenoxy) is 2. The highest BCUT2D eigenvalue weighted by molar-refractivity contribution is 8.13. The van der Waals surface area contributed by atoms with Gasteiger partial charge in [-0.2, -0.15) is 0 Å². The lowest BCUT2D eigenvalue weighted by Crippen LogP contribution is -2.00. The third-order valence-corrected chi connectivity index (χ3v) is 4.94. The number of thiophene rings is 1. The van der Waals surface area contributed by atoms with Crippen molar-refractivity contribution < 1.29 is 22.7 Å². The van der Waals surface area contributed by atoms with Crippen molar-refractivity contribution in [1.82, 2.24) is 0 Å². The van der Waals surface area contributed by atoms with E-state index in [1.807, 2.05) is 0 Å². The number of carbonyl (C=O) groups excluding carboxylic acids is 1. The van der Waals surface area contributed by atoms with E-state index < -0.39 is 15.0 Å². The number of carbonyl (C=O) groups is 1. The number of fused-ring (bicyclic) bond motifs is 1. The topological polar surface area (TPSA) is 69.7 Å². The average Bonchev–Trinajstić information content (AvgIpc) is 2.74. The molecule has 19 heavy (non-hydrogen) atoms. The molecule has 0 saturated heterocycles. The molecular weight excluding hydrogens is 312 g/mol.